The first-order valence-corrected chi connectivity index (χ1v) is 3.69. The third-order valence-corrected chi connectivity index (χ3v) is 1.37. The van der Waals surface area contributed by atoms with Gasteiger partial charge in [-0.1, -0.05) is 0 Å². The molecular weight excluding hydrogens is 180 g/mol. The van der Waals surface area contributed by atoms with Crippen molar-refractivity contribution in [3.05, 3.63) is 29.8 Å². The van der Waals surface area contributed by atoms with Crippen LogP contribution in [0, 0.1) is 11.6 Å². The van der Waals surface area contributed by atoms with Gasteiger partial charge in [-0.05, 0) is 12.1 Å². The van der Waals surface area contributed by atoms with E-state index in [9.17, 15) is 8.78 Å². The Morgan fingerprint density at radius 2 is 2.08 bits per heavy atom. The normalized spacial score (nSPS) is 10.1. The zero-order chi connectivity index (χ0) is 9.68. The van der Waals surface area contributed by atoms with E-state index >= 15 is 0 Å². The first-order chi connectivity index (χ1) is 6.24. The summed E-state index contributed by atoms with van der Waals surface area (Å²) in [5.41, 5.74) is 1.87. The van der Waals surface area contributed by atoms with E-state index in [1.54, 1.807) is 0 Å². The number of hydrogen-bond donors (Lipinski definition) is 2. The second kappa shape index (κ2) is 4.74. The van der Waals surface area contributed by atoms with Gasteiger partial charge >= 0.3 is 0 Å². The van der Waals surface area contributed by atoms with Crippen molar-refractivity contribution >= 4 is 0 Å². The highest BCUT2D eigenvalue weighted by molar-refractivity contribution is 5.23. The minimum Gasteiger partial charge on any atom is -0.492 e. The topological polar surface area (TPSA) is 41.5 Å². The molecule has 72 valence electrons. The van der Waals surface area contributed by atoms with Crippen molar-refractivity contribution in [2.24, 2.45) is 0 Å². The average Bonchev–Trinajstić information content (AvgIpc) is 2.12. The molecule has 1 aromatic carbocycles. The van der Waals surface area contributed by atoms with Crippen LogP contribution in [-0.2, 0) is 0 Å². The van der Waals surface area contributed by atoms with Gasteiger partial charge in [0.05, 0.1) is 6.54 Å². The molecule has 0 unspecified atom stereocenters. The molecule has 0 saturated carbocycles. The molecule has 1 aromatic rings. The highest BCUT2D eigenvalue weighted by Crippen LogP contribution is 2.14. The van der Waals surface area contributed by atoms with E-state index in [1.807, 2.05) is 5.48 Å². The summed E-state index contributed by atoms with van der Waals surface area (Å²) < 4.78 is 29.9. The van der Waals surface area contributed by atoms with Crippen molar-refractivity contribution in [2.75, 3.05) is 13.2 Å². The van der Waals surface area contributed by atoms with E-state index in [1.165, 1.54) is 6.07 Å². The first-order valence-electron chi connectivity index (χ1n) is 3.69. The zero-order valence-electron chi connectivity index (χ0n) is 6.76. The van der Waals surface area contributed by atoms with Crippen molar-refractivity contribution in [1.29, 1.82) is 0 Å². The van der Waals surface area contributed by atoms with Gasteiger partial charge in [-0.15, -0.1) is 0 Å². The largest absolute Gasteiger partial charge is 0.492 e. The van der Waals surface area contributed by atoms with Crippen molar-refractivity contribution < 1.29 is 18.7 Å². The Bertz CT molecular complexity index is 281. The van der Waals surface area contributed by atoms with Crippen LogP contribution in [0.15, 0.2) is 18.2 Å². The van der Waals surface area contributed by atoms with Crippen LogP contribution in [0.25, 0.3) is 0 Å². The van der Waals surface area contributed by atoms with Crippen LogP contribution in [0.2, 0.25) is 0 Å². The van der Waals surface area contributed by atoms with Crippen LogP contribution in [0.5, 0.6) is 5.75 Å². The van der Waals surface area contributed by atoms with Crippen molar-refractivity contribution in [1.82, 2.24) is 5.48 Å². The fourth-order valence-corrected chi connectivity index (χ4v) is 0.781. The summed E-state index contributed by atoms with van der Waals surface area (Å²) in [6.07, 6.45) is 0. The van der Waals surface area contributed by atoms with Crippen LogP contribution in [0.1, 0.15) is 0 Å². The van der Waals surface area contributed by atoms with E-state index in [0.717, 1.165) is 12.1 Å². The van der Waals surface area contributed by atoms with E-state index in [-0.39, 0.29) is 18.9 Å². The van der Waals surface area contributed by atoms with E-state index in [2.05, 4.69) is 0 Å². The molecular formula is C8H9F2NO2. The minimum absolute atomic E-state index is 0.182. The summed E-state index contributed by atoms with van der Waals surface area (Å²) in [7, 11) is 0. The average molecular weight is 189 g/mol. The molecule has 3 nitrogen and oxygen atoms in total. The van der Waals surface area contributed by atoms with Gasteiger partial charge in [0.2, 0.25) is 0 Å². The number of ether oxygens (including phenoxy) is 1. The quantitative estimate of drug-likeness (QED) is 0.554. The molecule has 0 spiro atoms. The van der Waals surface area contributed by atoms with Gasteiger partial charge in [0, 0.05) is 6.07 Å². The summed E-state index contributed by atoms with van der Waals surface area (Å²) in [5.74, 6) is -1.63. The number of hydrogen-bond acceptors (Lipinski definition) is 3. The van der Waals surface area contributed by atoms with Crippen LogP contribution < -0.4 is 10.2 Å². The SMILES string of the molecule is ONCCOc1ccc(F)c(F)c1. The monoisotopic (exact) mass is 189 g/mol. The summed E-state index contributed by atoms with van der Waals surface area (Å²) >= 11 is 0. The lowest BCUT2D eigenvalue weighted by Crippen LogP contribution is -2.16. The molecule has 0 aromatic heterocycles. The zero-order valence-corrected chi connectivity index (χ0v) is 6.76. The standard InChI is InChI=1S/C8H9F2NO2/c9-7-2-1-6(5-8(7)10)13-4-3-11-12/h1-2,5,11-12H,3-4H2. The maximum Gasteiger partial charge on any atom is 0.162 e. The van der Waals surface area contributed by atoms with Gasteiger partial charge in [-0.3, -0.25) is 0 Å². The lowest BCUT2D eigenvalue weighted by atomic mass is 10.3. The molecule has 0 atom stereocenters. The highest BCUT2D eigenvalue weighted by atomic mass is 19.2. The van der Waals surface area contributed by atoms with Crippen LogP contribution >= 0.6 is 0 Å². The molecule has 0 aliphatic rings. The number of hydroxylamine groups is 1. The van der Waals surface area contributed by atoms with Gasteiger partial charge in [0.15, 0.2) is 11.6 Å². The van der Waals surface area contributed by atoms with Crippen LogP contribution in [0.3, 0.4) is 0 Å². The smallest absolute Gasteiger partial charge is 0.162 e. The highest BCUT2D eigenvalue weighted by Gasteiger charge is 2.02. The maximum absolute atomic E-state index is 12.6. The van der Waals surface area contributed by atoms with Gasteiger partial charge in [-0.25, -0.2) is 14.3 Å². The van der Waals surface area contributed by atoms with Crippen molar-refractivity contribution in [3.63, 3.8) is 0 Å². The Labute approximate surface area is 73.9 Å². The van der Waals surface area contributed by atoms with Crippen molar-refractivity contribution in [3.8, 4) is 5.75 Å². The lowest BCUT2D eigenvalue weighted by Gasteiger charge is -2.04. The number of benzene rings is 1. The first kappa shape index (κ1) is 9.88. The Morgan fingerprint density at radius 3 is 2.69 bits per heavy atom. The second-order valence-corrected chi connectivity index (χ2v) is 2.33. The minimum atomic E-state index is -0.950. The summed E-state index contributed by atoms with van der Waals surface area (Å²) in [6.45, 7) is 0.403. The summed E-state index contributed by atoms with van der Waals surface area (Å²) in [5, 5.41) is 8.18. The Morgan fingerprint density at radius 1 is 1.31 bits per heavy atom. The molecule has 0 amide bonds. The molecule has 5 heteroatoms. The number of nitrogens with one attached hydrogen (secondary N) is 1. The summed E-state index contributed by atoms with van der Waals surface area (Å²) in [4.78, 5) is 0. The van der Waals surface area contributed by atoms with E-state index in [0.29, 0.717) is 0 Å². The lowest BCUT2D eigenvalue weighted by molar-refractivity contribution is 0.145. The Kier molecular flexibility index (Phi) is 3.60. The van der Waals surface area contributed by atoms with Gasteiger partial charge < -0.3 is 9.94 Å². The molecule has 2 N–H and O–H groups in total. The number of halogens is 2. The molecule has 0 aliphatic heterocycles. The summed E-state index contributed by atoms with van der Waals surface area (Å²) in [6, 6.07) is 3.25. The molecule has 13 heavy (non-hydrogen) atoms. The predicted molar refractivity (Wildman–Crippen MR) is 41.6 cm³/mol. The van der Waals surface area contributed by atoms with Gasteiger partial charge in [0.1, 0.15) is 12.4 Å². The van der Waals surface area contributed by atoms with E-state index < -0.39 is 11.6 Å². The third kappa shape index (κ3) is 2.96. The fraction of sp³-hybridized carbons (Fsp3) is 0.250. The molecule has 0 saturated heterocycles. The van der Waals surface area contributed by atoms with Crippen molar-refractivity contribution in [2.45, 2.75) is 0 Å². The Hall–Kier alpha value is -1.20. The second-order valence-electron chi connectivity index (χ2n) is 2.33. The molecule has 0 bridgehead atoms. The molecule has 0 fully saturated rings. The molecule has 1 rings (SSSR count). The fourth-order valence-electron chi connectivity index (χ4n) is 0.781. The number of rotatable bonds is 4. The van der Waals surface area contributed by atoms with Gasteiger partial charge in [0.25, 0.3) is 0 Å². The predicted octanol–water partition coefficient (Wildman–Crippen LogP) is 1.32. The maximum atomic E-state index is 12.6. The van der Waals surface area contributed by atoms with Crippen LogP contribution in [0.4, 0.5) is 8.78 Å². The molecule has 0 aliphatic carbocycles. The van der Waals surface area contributed by atoms with E-state index in [4.69, 9.17) is 9.94 Å². The molecule has 0 heterocycles. The van der Waals surface area contributed by atoms with Gasteiger partial charge in [-0.2, -0.15) is 0 Å². The third-order valence-electron chi connectivity index (χ3n) is 1.37. The molecule has 0 radical (unpaired) electrons. The van der Waals surface area contributed by atoms with Crippen LogP contribution in [-0.4, -0.2) is 18.4 Å². The Balaban J connectivity index is 2.53.